The van der Waals surface area contributed by atoms with Gasteiger partial charge in [-0.05, 0) is 41.8 Å². The van der Waals surface area contributed by atoms with Crippen LogP contribution in [0.3, 0.4) is 0 Å². The minimum Gasteiger partial charge on any atom is -0.370 e. The van der Waals surface area contributed by atoms with Crippen LogP contribution in [0.4, 0.5) is 15.8 Å². The lowest BCUT2D eigenvalue weighted by molar-refractivity contribution is -0.125. The van der Waals surface area contributed by atoms with E-state index in [1.807, 2.05) is 30.1 Å². The molecule has 2 aromatic carbocycles. The van der Waals surface area contributed by atoms with Crippen LogP contribution in [0.5, 0.6) is 0 Å². The number of halogens is 1. The van der Waals surface area contributed by atoms with Crippen LogP contribution in [-0.2, 0) is 17.8 Å². The number of hydrogen-bond acceptors (Lipinski definition) is 4. The van der Waals surface area contributed by atoms with Gasteiger partial charge in [-0.15, -0.1) is 0 Å². The molecule has 2 aromatic rings. The molecular weight excluding hydrogens is 297 g/mol. The smallest absolute Gasteiger partial charge is 0.267 e. The van der Waals surface area contributed by atoms with Crippen LogP contribution in [0.1, 0.15) is 11.1 Å². The molecule has 3 rings (SSSR count). The molecule has 1 amide bonds. The molecule has 0 fully saturated rings. The van der Waals surface area contributed by atoms with Crippen molar-refractivity contribution in [1.82, 2.24) is 0 Å². The third-order valence-electron chi connectivity index (χ3n) is 4.01. The Balaban J connectivity index is 1.82. The van der Waals surface area contributed by atoms with Gasteiger partial charge in [0.25, 0.3) is 5.91 Å². The molecule has 0 aromatic heterocycles. The quantitative estimate of drug-likeness (QED) is 0.851. The summed E-state index contributed by atoms with van der Waals surface area (Å²) in [7, 11) is 1.88. The molecule has 0 bridgehead atoms. The molecule has 23 heavy (non-hydrogen) atoms. The molecule has 0 aliphatic carbocycles. The summed E-state index contributed by atoms with van der Waals surface area (Å²) in [6.07, 6.45) is 0.392. The van der Waals surface area contributed by atoms with Crippen molar-refractivity contribution in [1.29, 1.82) is 0 Å². The minimum atomic E-state index is -0.733. The number of anilines is 2. The average Bonchev–Trinajstić information content (AvgIpc) is 2.52. The lowest BCUT2D eigenvalue weighted by Gasteiger charge is -2.28. The highest BCUT2D eigenvalue weighted by Gasteiger charge is 2.29. The van der Waals surface area contributed by atoms with E-state index in [9.17, 15) is 14.4 Å². The first-order valence-corrected chi connectivity index (χ1v) is 7.32. The van der Waals surface area contributed by atoms with Crippen LogP contribution in [-0.4, -0.2) is 24.2 Å². The second kappa shape index (κ2) is 5.98. The second-order valence-corrected chi connectivity index (χ2v) is 5.76. The monoisotopic (exact) mass is 315 g/mol. The highest BCUT2D eigenvalue weighted by atomic mass is 19.1. The van der Waals surface area contributed by atoms with Gasteiger partial charge in [-0.1, -0.05) is 18.2 Å². The summed E-state index contributed by atoms with van der Waals surface area (Å²) in [5.41, 5.74) is 8.80. The van der Waals surface area contributed by atoms with Gasteiger partial charge >= 0.3 is 0 Å². The molecular formula is C17H18FN3O2. The van der Waals surface area contributed by atoms with E-state index in [2.05, 4.69) is 0 Å². The Morgan fingerprint density at radius 1 is 1.35 bits per heavy atom. The molecule has 0 saturated carbocycles. The molecule has 1 atom stereocenters. The predicted octanol–water partition coefficient (Wildman–Crippen LogP) is 2.07. The lowest BCUT2D eigenvalue weighted by atomic mass is 9.97. The maximum absolute atomic E-state index is 13.3. The topological polar surface area (TPSA) is 69.8 Å². The van der Waals surface area contributed by atoms with Gasteiger partial charge in [-0.25, -0.2) is 4.39 Å². The summed E-state index contributed by atoms with van der Waals surface area (Å²) in [6.45, 7) is 0.575. The van der Waals surface area contributed by atoms with Crippen LogP contribution >= 0.6 is 0 Å². The van der Waals surface area contributed by atoms with Crippen LogP contribution < -0.4 is 15.7 Å². The SMILES string of the molecule is CN(Cc1ccc2c(c1)C[C@H](N)C(=O)N2O)c1cccc(F)c1. The molecule has 1 heterocycles. The van der Waals surface area contributed by atoms with Crippen molar-refractivity contribution in [2.75, 3.05) is 17.0 Å². The molecule has 6 heteroatoms. The maximum atomic E-state index is 13.3. The van der Waals surface area contributed by atoms with Crippen molar-refractivity contribution in [2.24, 2.45) is 5.73 Å². The standard InChI is InChI=1S/C17H18FN3O2/c1-20(14-4-2-3-13(18)9-14)10-11-5-6-16-12(7-11)8-15(19)17(22)21(16)23/h2-7,9,15,23H,8,10,19H2,1H3/t15-/m0/s1. The van der Waals surface area contributed by atoms with Crippen LogP contribution in [0, 0.1) is 5.82 Å². The fourth-order valence-corrected chi connectivity index (χ4v) is 2.79. The number of hydrogen-bond donors (Lipinski definition) is 2. The van der Waals surface area contributed by atoms with Crippen molar-refractivity contribution in [3.63, 3.8) is 0 Å². The summed E-state index contributed by atoms with van der Waals surface area (Å²) in [6, 6.07) is 11.1. The van der Waals surface area contributed by atoms with E-state index in [0.717, 1.165) is 16.8 Å². The normalized spacial score (nSPS) is 17.1. The first-order valence-electron chi connectivity index (χ1n) is 7.32. The molecule has 0 radical (unpaired) electrons. The number of fused-ring (bicyclic) bond motifs is 1. The average molecular weight is 315 g/mol. The zero-order valence-electron chi connectivity index (χ0n) is 12.7. The molecule has 1 aliphatic heterocycles. The van der Waals surface area contributed by atoms with E-state index in [-0.39, 0.29) is 5.82 Å². The zero-order chi connectivity index (χ0) is 16.6. The van der Waals surface area contributed by atoms with E-state index in [0.29, 0.717) is 23.7 Å². The molecule has 0 spiro atoms. The Morgan fingerprint density at radius 2 is 2.13 bits per heavy atom. The molecule has 0 saturated heterocycles. The van der Waals surface area contributed by atoms with Gasteiger partial charge < -0.3 is 10.6 Å². The van der Waals surface area contributed by atoms with E-state index >= 15 is 0 Å². The number of hydroxylamine groups is 1. The fourth-order valence-electron chi connectivity index (χ4n) is 2.79. The number of nitrogens with two attached hydrogens (primary N) is 1. The van der Waals surface area contributed by atoms with Gasteiger partial charge in [0.2, 0.25) is 0 Å². The first-order chi connectivity index (χ1) is 11.0. The van der Waals surface area contributed by atoms with Crippen molar-refractivity contribution < 1.29 is 14.4 Å². The summed E-state index contributed by atoms with van der Waals surface area (Å²) >= 11 is 0. The summed E-state index contributed by atoms with van der Waals surface area (Å²) in [5.74, 6) is -0.776. The van der Waals surface area contributed by atoms with Crippen molar-refractivity contribution in [3.8, 4) is 0 Å². The van der Waals surface area contributed by atoms with Crippen molar-refractivity contribution in [3.05, 3.63) is 59.4 Å². The van der Waals surface area contributed by atoms with Crippen LogP contribution in [0.15, 0.2) is 42.5 Å². The minimum absolute atomic E-state index is 0.278. The Labute approximate surface area is 133 Å². The third kappa shape index (κ3) is 3.04. The van der Waals surface area contributed by atoms with E-state index < -0.39 is 11.9 Å². The Hall–Kier alpha value is -2.44. The number of benzene rings is 2. The lowest BCUT2D eigenvalue weighted by Crippen LogP contribution is -2.47. The predicted molar refractivity (Wildman–Crippen MR) is 85.9 cm³/mol. The van der Waals surface area contributed by atoms with Gasteiger partial charge in [-0.2, -0.15) is 5.06 Å². The summed E-state index contributed by atoms with van der Waals surface area (Å²) < 4.78 is 13.3. The number of carbonyl (C=O) groups is 1. The van der Waals surface area contributed by atoms with Crippen molar-refractivity contribution >= 4 is 17.3 Å². The highest BCUT2D eigenvalue weighted by Crippen LogP contribution is 2.28. The van der Waals surface area contributed by atoms with Crippen LogP contribution in [0.25, 0.3) is 0 Å². The largest absolute Gasteiger partial charge is 0.370 e. The Bertz CT molecular complexity index is 750. The molecule has 3 N–H and O–H groups in total. The van der Waals surface area contributed by atoms with E-state index in [4.69, 9.17) is 5.73 Å². The molecule has 1 aliphatic rings. The molecule has 120 valence electrons. The Kier molecular flexibility index (Phi) is 4.02. The van der Waals surface area contributed by atoms with Crippen molar-refractivity contribution in [2.45, 2.75) is 19.0 Å². The van der Waals surface area contributed by atoms with E-state index in [1.54, 1.807) is 12.1 Å². The number of carbonyl (C=O) groups excluding carboxylic acids is 1. The number of amides is 1. The maximum Gasteiger partial charge on any atom is 0.267 e. The molecule has 0 unspecified atom stereocenters. The number of nitrogens with zero attached hydrogens (tertiary/aromatic N) is 2. The van der Waals surface area contributed by atoms with Gasteiger partial charge in [0.1, 0.15) is 5.82 Å². The van der Waals surface area contributed by atoms with E-state index in [1.165, 1.54) is 12.1 Å². The molecule has 5 nitrogen and oxygen atoms in total. The Morgan fingerprint density at radius 3 is 2.87 bits per heavy atom. The summed E-state index contributed by atoms with van der Waals surface area (Å²) in [5, 5.41) is 10.4. The fraction of sp³-hybridized carbons (Fsp3) is 0.235. The van der Waals surface area contributed by atoms with Gasteiger partial charge in [0.05, 0.1) is 11.7 Å². The zero-order valence-corrected chi connectivity index (χ0v) is 12.7. The van der Waals surface area contributed by atoms with Gasteiger partial charge in [0.15, 0.2) is 0 Å². The second-order valence-electron chi connectivity index (χ2n) is 5.76. The third-order valence-corrected chi connectivity index (χ3v) is 4.01. The number of rotatable bonds is 3. The first kappa shape index (κ1) is 15.5. The summed E-state index contributed by atoms with van der Waals surface area (Å²) in [4.78, 5) is 13.6. The van der Waals surface area contributed by atoms with Gasteiger partial charge in [0, 0.05) is 19.3 Å². The van der Waals surface area contributed by atoms with Crippen LogP contribution in [0.2, 0.25) is 0 Å². The van der Waals surface area contributed by atoms with Gasteiger partial charge in [-0.3, -0.25) is 10.0 Å². The highest BCUT2D eigenvalue weighted by molar-refractivity contribution is 5.98.